The zero-order valence-electron chi connectivity index (χ0n) is 19.2. The Morgan fingerprint density at radius 2 is 1.89 bits per heavy atom. The molecule has 7 nitrogen and oxygen atoms in total. The van der Waals surface area contributed by atoms with Crippen LogP contribution in [0.15, 0.2) is 36.4 Å². The first kappa shape index (κ1) is 24.7. The van der Waals surface area contributed by atoms with Gasteiger partial charge in [0.1, 0.15) is 0 Å². The lowest BCUT2D eigenvalue weighted by Crippen LogP contribution is -2.55. The van der Waals surface area contributed by atoms with Crippen LogP contribution < -0.4 is 0 Å². The molecule has 4 rings (SSSR count). The third-order valence-electron chi connectivity index (χ3n) is 5.90. The third kappa shape index (κ3) is 5.00. The molecule has 35 heavy (non-hydrogen) atoms. The SMILES string of the molecule is CCCOC(=O)N1CCN(C(=O)c2ccc3c(Cl)cc(-c4cc(F)c(O)c(F)c4)nc3c2)C[C@H]1C. The number of amides is 2. The van der Waals surface area contributed by atoms with Crippen LogP contribution in [0.5, 0.6) is 5.75 Å². The summed E-state index contributed by atoms with van der Waals surface area (Å²) in [7, 11) is 0. The number of halogens is 3. The molecule has 1 N–H and O–H groups in total. The molecule has 1 aliphatic heterocycles. The van der Waals surface area contributed by atoms with Gasteiger partial charge in [-0.3, -0.25) is 4.79 Å². The maximum Gasteiger partial charge on any atom is 0.410 e. The van der Waals surface area contributed by atoms with Crippen LogP contribution in [-0.2, 0) is 4.74 Å². The number of carbonyl (C=O) groups is 2. The van der Waals surface area contributed by atoms with E-state index in [2.05, 4.69) is 4.98 Å². The van der Waals surface area contributed by atoms with Gasteiger partial charge in [0.15, 0.2) is 17.4 Å². The molecule has 2 amide bonds. The van der Waals surface area contributed by atoms with E-state index < -0.39 is 17.4 Å². The lowest BCUT2D eigenvalue weighted by Gasteiger charge is -2.39. The van der Waals surface area contributed by atoms with Crippen LogP contribution in [0, 0.1) is 11.6 Å². The molecular weight excluding hydrogens is 480 g/mol. The van der Waals surface area contributed by atoms with Gasteiger partial charge < -0.3 is 19.6 Å². The minimum atomic E-state index is -1.12. The number of piperazine rings is 1. The Kier molecular flexibility index (Phi) is 7.07. The molecule has 0 saturated carbocycles. The number of hydrogen-bond acceptors (Lipinski definition) is 5. The number of phenolic OH excluding ortho intramolecular Hbond substituents is 1. The summed E-state index contributed by atoms with van der Waals surface area (Å²) in [6.45, 7) is 5.18. The zero-order valence-corrected chi connectivity index (χ0v) is 20.0. The number of phenols is 1. The summed E-state index contributed by atoms with van der Waals surface area (Å²) in [5.41, 5.74) is 1.04. The molecule has 184 valence electrons. The van der Waals surface area contributed by atoms with E-state index >= 15 is 0 Å². The van der Waals surface area contributed by atoms with Gasteiger partial charge in [-0.05, 0) is 43.7 Å². The van der Waals surface area contributed by atoms with Crippen molar-refractivity contribution in [3.8, 4) is 17.0 Å². The molecule has 2 heterocycles. The van der Waals surface area contributed by atoms with Gasteiger partial charge in [-0.1, -0.05) is 24.6 Å². The van der Waals surface area contributed by atoms with E-state index in [9.17, 15) is 23.5 Å². The molecule has 2 aromatic carbocycles. The molecule has 1 atom stereocenters. The molecule has 0 spiro atoms. The van der Waals surface area contributed by atoms with Crippen LogP contribution in [0.2, 0.25) is 5.02 Å². The molecule has 0 aliphatic carbocycles. The van der Waals surface area contributed by atoms with Gasteiger partial charge in [0.05, 0.1) is 22.8 Å². The largest absolute Gasteiger partial charge is 0.503 e. The lowest BCUT2D eigenvalue weighted by atomic mass is 10.1. The molecule has 0 unspecified atom stereocenters. The van der Waals surface area contributed by atoms with Crippen LogP contribution in [-0.4, -0.2) is 64.2 Å². The average molecular weight is 504 g/mol. The highest BCUT2D eigenvalue weighted by Crippen LogP contribution is 2.32. The van der Waals surface area contributed by atoms with Gasteiger partial charge in [0.25, 0.3) is 5.91 Å². The fourth-order valence-corrected chi connectivity index (χ4v) is 4.31. The quantitative estimate of drug-likeness (QED) is 0.527. The van der Waals surface area contributed by atoms with Crippen molar-refractivity contribution in [3.05, 3.63) is 58.6 Å². The number of ether oxygens (including phenoxy) is 1. The number of pyridine rings is 1. The number of carbonyl (C=O) groups excluding carboxylic acids is 2. The number of aromatic hydroxyl groups is 1. The van der Waals surface area contributed by atoms with Crippen molar-refractivity contribution in [1.29, 1.82) is 0 Å². The Morgan fingerprint density at radius 1 is 1.17 bits per heavy atom. The van der Waals surface area contributed by atoms with Crippen LogP contribution >= 0.6 is 11.6 Å². The standard InChI is InChI=1S/C25H24ClF2N3O4/c1-3-8-35-25(34)31-7-6-30(13-14(31)2)24(33)15-4-5-17-18(26)12-21(29-22(17)11-15)16-9-19(27)23(32)20(28)10-16/h4-5,9-12,14,32H,3,6-8,13H2,1-2H3/t14-/m1/s1. The zero-order chi connectivity index (χ0) is 25.3. The maximum absolute atomic E-state index is 13.9. The Morgan fingerprint density at radius 3 is 2.54 bits per heavy atom. The van der Waals surface area contributed by atoms with Crippen molar-refractivity contribution in [3.63, 3.8) is 0 Å². The summed E-state index contributed by atoms with van der Waals surface area (Å²) < 4.78 is 32.9. The highest BCUT2D eigenvalue weighted by Gasteiger charge is 2.31. The first-order valence-electron chi connectivity index (χ1n) is 11.2. The Balaban J connectivity index is 1.59. The molecule has 0 radical (unpaired) electrons. The van der Waals surface area contributed by atoms with Crippen LogP contribution in [0.3, 0.4) is 0 Å². The van der Waals surface area contributed by atoms with Crippen LogP contribution in [0.1, 0.15) is 30.6 Å². The molecular formula is C25H24ClF2N3O4. The van der Waals surface area contributed by atoms with Gasteiger partial charge in [-0.15, -0.1) is 0 Å². The first-order chi connectivity index (χ1) is 16.7. The predicted octanol–water partition coefficient (Wildman–Crippen LogP) is 5.23. The van der Waals surface area contributed by atoms with E-state index in [0.717, 1.165) is 18.6 Å². The fourth-order valence-electron chi connectivity index (χ4n) is 4.05. The minimum absolute atomic E-state index is 0.0956. The molecule has 1 aromatic heterocycles. The van der Waals surface area contributed by atoms with Crippen LogP contribution in [0.4, 0.5) is 13.6 Å². The average Bonchev–Trinajstić information content (AvgIpc) is 2.84. The highest BCUT2D eigenvalue weighted by atomic mass is 35.5. The predicted molar refractivity (Wildman–Crippen MR) is 127 cm³/mol. The Labute approximate surface area is 205 Å². The fraction of sp³-hybridized carbons (Fsp3) is 0.320. The Bertz CT molecular complexity index is 1280. The van der Waals surface area contributed by atoms with Gasteiger partial charge in [0.2, 0.25) is 0 Å². The molecule has 0 bridgehead atoms. The van der Waals surface area contributed by atoms with Crippen molar-refractivity contribution in [2.45, 2.75) is 26.3 Å². The van der Waals surface area contributed by atoms with Gasteiger partial charge in [-0.25, -0.2) is 18.6 Å². The van der Waals surface area contributed by atoms with E-state index in [0.29, 0.717) is 47.7 Å². The monoisotopic (exact) mass is 503 g/mol. The van der Waals surface area contributed by atoms with E-state index in [4.69, 9.17) is 16.3 Å². The smallest absolute Gasteiger partial charge is 0.410 e. The highest BCUT2D eigenvalue weighted by molar-refractivity contribution is 6.35. The summed E-state index contributed by atoms with van der Waals surface area (Å²) in [5, 5.41) is 10.2. The topological polar surface area (TPSA) is 83.0 Å². The number of nitrogens with zero attached hydrogens (tertiary/aromatic N) is 3. The summed E-state index contributed by atoms with van der Waals surface area (Å²) in [5.74, 6) is -3.53. The second kappa shape index (κ2) is 10.0. The summed E-state index contributed by atoms with van der Waals surface area (Å²) in [6.07, 6.45) is 0.349. The number of aromatic nitrogens is 1. The maximum atomic E-state index is 13.9. The van der Waals surface area contributed by atoms with E-state index in [1.165, 1.54) is 6.07 Å². The number of benzene rings is 2. The Hall–Kier alpha value is -3.46. The van der Waals surface area contributed by atoms with Gasteiger partial charge in [-0.2, -0.15) is 0 Å². The first-order valence-corrected chi connectivity index (χ1v) is 11.6. The minimum Gasteiger partial charge on any atom is -0.503 e. The van der Waals surface area contributed by atoms with Gasteiger partial charge in [0, 0.05) is 42.2 Å². The van der Waals surface area contributed by atoms with Crippen molar-refractivity contribution < 1.29 is 28.2 Å². The molecule has 3 aromatic rings. The van der Waals surface area contributed by atoms with E-state index in [1.807, 2.05) is 13.8 Å². The van der Waals surface area contributed by atoms with E-state index in [1.54, 1.807) is 28.0 Å². The summed E-state index contributed by atoms with van der Waals surface area (Å²) in [6, 6.07) is 8.07. The van der Waals surface area contributed by atoms with Gasteiger partial charge >= 0.3 is 6.09 Å². The lowest BCUT2D eigenvalue weighted by molar-refractivity contribution is 0.0412. The van der Waals surface area contributed by atoms with Crippen LogP contribution in [0.25, 0.3) is 22.2 Å². The third-order valence-corrected chi connectivity index (χ3v) is 6.21. The second-order valence-electron chi connectivity index (χ2n) is 8.42. The second-order valence-corrected chi connectivity index (χ2v) is 8.82. The summed E-state index contributed by atoms with van der Waals surface area (Å²) >= 11 is 6.38. The van der Waals surface area contributed by atoms with Crippen molar-refractivity contribution in [2.75, 3.05) is 26.2 Å². The number of hydrogen-bond donors (Lipinski definition) is 1. The number of fused-ring (bicyclic) bond motifs is 1. The normalized spacial score (nSPS) is 16.0. The molecule has 1 saturated heterocycles. The summed E-state index contributed by atoms with van der Waals surface area (Å²) in [4.78, 5) is 33.1. The molecule has 1 fully saturated rings. The number of rotatable bonds is 4. The van der Waals surface area contributed by atoms with Crippen molar-refractivity contribution in [1.82, 2.24) is 14.8 Å². The van der Waals surface area contributed by atoms with Crippen molar-refractivity contribution >= 4 is 34.5 Å². The van der Waals surface area contributed by atoms with Crippen molar-refractivity contribution in [2.24, 2.45) is 0 Å². The van der Waals surface area contributed by atoms with E-state index in [-0.39, 0.29) is 29.3 Å². The molecule has 1 aliphatic rings. The molecule has 10 heteroatoms.